The Hall–Kier alpha value is -1.55. The van der Waals surface area contributed by atoms with E-state index in [-0.39, 0.29) is 29.3 Å². The van der Waals surface area contributed by atoms with Gasteiger partial charge >= 0.3 is 0 Å². The molecule has 1 spiro atoms. The van der Waals surface area contributed by atoms with E-state index in [0.717, 1.165) is 26.1 Å². The van der Waals surface area contributed by atoms with Crippen molar-refractivity contribution in [3.8, 4) is 5.88 Å². The summed E-state index contributed by atoms with van der Waals surface area (Å²) >= 11 is 0. The lowest BCUT2D eigenvalue weighted by Gasteiger charge is -2.46. The van der Waals surface area contributed by atoms with E-state index in [0.29, 0.717) is 25.0 Å². The number of hydrogen-bond donors (Lipinski definition) is 1. The van der Waals surface area contributed by atoms with Crippen molar-refractivity contribution in [2.24, 2.45) is 11.1 Å². The zero-order chi connectivity index (χ0) is 17.9. The monoisotopic (exact) mass is 371 g/mol. The van der Waals surface area contributed by atoms with Crippen molar-refractivity contribution in [2.75, 3.05) is 39.5 Å². The van der Waals surface area contributed by atoms with Gasteiger partial charge in [-0.05, 0) is 18.9 Å². The molecule has 0 saturated carbocycles. The minimum absolute atomic E-state index is 0.0254. The van der Waals surface area contributed by atoms with Crippen molar-refractivity contribution in [2.45, 2.75) is 17.7 Å². The van der Waals surface area contributed by atoms with E-state index < -0.39 is 10.0 Å². The van der Waals surface area contributed by atoms with Gasteiger partial charge in [0.05, 0.1) is 25.7 Å². The molecule has 7 nitrogen and oxygen atoms in total. The first-order valence-corrected chi connectivity index (χ1v) is 9.58. The molecular formula is C16H22FN3O4S. The third-order valence-electron chi connectivity index (χ3n) is 4.77. The maximum Gasteiger partial charge on any atom is 0.244 e. The Balaban J connectivity index is 1.62. The average Bonchev–Trinajstić information content (AvgIpc) is 2.62. The second-order valence-electron chi connectivity index (χ2n) is 6.49. The second kappa shape index (κ2) is 7.36. The predicted molar refractivity (Wildman–Crippen MR) is 89.2 cm³/mol. The van der Waals surface area contributed by atoms with Crippen molar-refractivity contribution in [3.05, 3.63) is 30.2 Å². The van der Waals surface area contributed by atoms with Crippen LogP contribution in [-0.2, 0) is 14.8 Å². The third-order valence-corrected chi connectivity index (χ3v) is 6.65. The third kappa shape index (κ3) is 3.84. The van der Waals surface area contributed by atoms with Crippen LogP contribution in [-0.4, -0.2) is 57.2 Å². The average molecular weight is 371 g/mol. The number of aromatic nitrogens is 1. The Bertz CT molecular complexity index is 722. The van der Waals surface area contributed by atoms with Crippen LogP contribution in [0.3, 0.4) is 0 Å². The van der Waals surface area contributed by atoms with Crippen molar-refractivity contribution in [1.82, 2.24) is 9.29 Å². The number of pyridine rings is 1. The lowest BCUT2D eigenvalue weighted by molar-refractivity contribution is -0.133. The number of nitrogens with two attached hydrogens (primary N) is 1. The van der Waals surface area contributed by atoms with Crippen LogP contribution in [0.1, 0.15) is 12.8 Å². The summed E-state index contributed by atoms with van der Waals surface area (Å²) in [6, 6.07) is 2.92. The van der Waals surface area contributed by atoms with Gasteiger partial charge in [0.1, 0.15) is 11.5 Å². The first-order valence-electron chi connectivity index (χ1n) is 8.14. The van der Waals surface area contributed by atoms with Crippen molar-refractivity contribution < 1.29 is 22.3 Å². The van der Waals surface area contributed by atoms with E-state index in [4.69, 9.17) is 15.2 Å². The zero-order valence-electron chi connectivity index (χ0n) is 13.9. The van der Waals surface area contributed by atoms with Crippen LogP contribution in [0.2, 0.25) is 0 Å². The number of rotatable bonds is 6. The molecule has 0 bridgehead atoms. The van der Waals surface area contributed by atoms with E-state index in [1.807, 2.05) is 0 Å². The summed E-state index contributed by atoms with van der Waals surface area (Å²) in [4.78, 5) is 4.12. The molecule has 2 aliphatic heterocycles. The molecule has 2 N–H and O–H groups in total. The normalized spacial score (nSPS) is 21.1. The lowest BCUT2D eigenvalue weighted by Crippen LogP contribution is -2.51. The van der Waals surface area contributed by atoms with Gasteiger partial charge in [-0.3, -0.25) is 0 Å². The summed E-state index contributed by atoms with van der Waals surface area (Å²) in [5, 5.41) is 0. The summed E-state index contributed by atoms with van der Waals surface area (Å²) in [5.41, 5.74) is 5.81. The van der Waals surface area contributed by atoms with Crippen LogP contribution in [0, 0.1) is 5.41 Å². The highest BCUT2D eigenvalue weighted by molar-refractivity contribution is 7.89. The molecule has 0 amide bonds. The molecule has 0 unspecified atom stereocenters. The summed E-state index contributed by atoms with van der Waals surface area (Å²) in [5.74, 6) is 0.218. The minimum Gasteiger partial charge on any atom is -0.473 e. The van der Waals surface area contributed by atoms with E-state index in [2.05, 4.69) is 4.98 Å². The highest BCUT2D eigenvalue weighted by atomic mass is 32.2. The summed E-state index contributed by atoms with van der Waals surface area (Å²) in [6.07, 6.45) is 3.30. The van der Waals surface area contributed by atoms with Gasteiger partial charge in [0.15, 0.2) is 0 Å². The molecule has 3 rings (SSSR count). The summed E-state index contributed by atoms with van der Waals surface area (Å²) in [6.45, 7) is 2.46. The number of piperidine rings is 1. The van der Waals surface area contributed by atoms with Crippen LogP contribution >= 0.6 is 0 Å². The van der Waals surface area contributed by atoms with Gasteiger partial charge in [-0.25, -0.2) is 17.8 Å². The largest absolute Gasteiger partial charge is 0.473 e. The van der Waals surface area contributed by atoms with E-state index in [1.54, 1.807) is 0 Å². The number of sulfonamides is 1. The Morgan fingerprint density at radius 1 is 1.40 bits per heavy atom. The summed E-state index contributed by atoms with van der Waals surface area (Å²) in [7, 11) is -3.57. The molecule has 2 aliphatic rings. The topological polar surface area (TPSA) is 94.8 Å². The molecule has 2 fully saturated rings. The maximum atomic E-state index is 12.7. The van der Waals surface area contributed by atoms with Gasteiger partial charge in [0.2, 0.25) is 15.9 Å². The number of halogens is 1. The van der Waals surface area contributed by atoms with Gasteiger partial charge < -0.3 is 15.2 Å². The van der Waals surface area contributed by atoms with Gasteiger partial charge in [0, 0.05) is 36.7 Å². The Labute approximate surface area is 146 Å². The molecule has 0 atom stereocenters. The van der Waals surface area contributed by atoms with E-state index in [1.165, 1.54) is 22.6 Å². The fourth-order valence-corrected chi connectivity index (χ4v) is 4.32. The molecule has 1 aromatic heterocycles. The number of hydrogen-bond acceptors (Lipinski definition) is 6. The van der Waals surface area contributed by atoms with Gasteiger partial charge in [0.25, 0.3) is 0 Å². The molecule has 9 heteroatoms. The zero-order valence-corrected chi connectivity index (χ0v) is 14.7. The standard InChI is InChI=1S/C16H22FN3O4S/c17-7-13(8-18)10-24-15-2-1-14(9-19-15)25(21,22)20-5-3-16(4-6-20)11-23-12-16/h1-2,7,9H,3-6,8,10-12,18H2/b13-7+. The minimum atomic E-state index is -3.57. The maximum absolute atomic E-state index is 12.7. The van der Waals surface area contributed by atoms with Gasteiger partial charge in [-0.15, -0.1) is 0 Å². The molecular weight excluding hydrogens is 349 g/mol. The van der Waals surface area contributed by atoms with Crippen LogP contribution in [0.4, 0.5) is 4.39 Å². The Morgan fingerprint density at radius 3 is 2.60 bits per heavy atom. The van der Waals surface area contributed by atoms with Gasteiger partial charge in [-0.2, -0.15) is 4.31 Å². The van der Waals surface area contributed by atoms with Crippen molar-refractivity contribution in [1.29, 1.82) is 0 Å². The molecule has 25 heavy (non-hydrogen) atoms. The molecule has 0 radical (unpaired) electrons. The van der Waals surface area contributed by atoms with E-state index in [9.17, 15) is 12.8 Å². The van der Waals surface area contributed by atoms with Crippen LogP contribution in [0.5, 0.6) is 5.88 Å². The second-order valence-corrected chi connectivity index (χ2v) is 8.43. The van der Waals surface area contributed by atoms with E-state index >= 15 is 0 Å². The molecule has 1 aromatic rings. The smallest absolute Gasteiger partial charge is 0.244 e. The van der Waals surface area contributed by atoms with Crippen LogP contribution < -0.4 is 10.5 Å². The van der Waals surface area contributed by atoms with Crippen LogP contribution in [0.15, 0.2) is 35.1 Å². The molecule has 0 aromatic carbocycles. The fourth-order valence-electron chi connectivity index (χ4n) is 2.94. The molecule has 138 valence electrons. The highest BCUT2D eigenvalue weighted by Crippen LogP contribution is 2.39. The number of ether oxygens (including phenoxy) is 2. The first kappa shape index (κ1) is 18.2. The first-order chi connectivity index (χ1) is 12.0. The SMILES string of the molecule is NC/C(=C\F)COc1ccc(S(=O)(=O)N2CCC3(CC2)COC3)cn1. The highest BCUT2D eigenvalue weighted by Gasteiger charge is 2.43. The summed E-state index contributed by atoms with van der Waals surface area (Å²) < 4.78 is 49.9. The Kier molecular flexibility index (Phi) is 5.38. The van der Waals surface area contributed by atoms with Crippen LogP contribution in [0.25, 0.3) is 0 Å². The number of nitrogens with zero attached hydrogens (tertiary/aromatic N) is 2. The predicted octanol–water partition coefficient (Wildman–Crippen LogP) is 1.07. The van der Waals surface area contributed by atoms with Crippen molar-refractivity contribution >= 4 is 10.0 Å². The quantitative estimate of drug-likeness (QED) is 0.804. The van der Waals surface area contributed by atoms with Crippen molar-refractivity contribution in [3.63, 3.8) is 0 Å². The molecule has 2 saturated heterocycles. The lowest BCUT2D eigenvalue weighted by atomic mass is 9.77. The molecule has 3 heterocycles. The van der Waals surface area contributed by atoms with Gasteiger partial charge in [-0.1, -0.05) is 0 Å². The Morgan fingerprint density at radius 2 is 2.12 bits per heavy atom. The molecule has 0 aliphatic carbocycles. The fraction of sp³-hybridized carbons (Fsp3) is 0.562.